The van der Waals surface area contributed by atoms with E-state index in [2.05, 4.69) is 15.0 Å². The van der Waals surface area contributed by atoms with E-state index in [1.54, 1.807) is 12.5 Å². The standard InChI is InChI=1S/C16H14N4O/c21-16(12-2-1-11-3-5-18-15(11)7-12)20-6-4-14-13(9-20)8-17-10-19-14/h1-3,5,7-8,10,18H,4,6,9H2. The number of hydrogen-bond donors (Lipinski definition) is 1. The van der Waals surface area contributed by atoms with Gasteiger partial charge in [0.1, 0.15) is 6.33 Å². The number of nitrogens with one attached hydrogen (secondary N) is 1. The Morgan fingerprint density at radius 1 is 1.29 bits per heavy atom. The van der Waals surface area contributed by atoms with Crippen molar-refractivity contribution in [2.75, 3.05) is 6.54 Å². The third kappa shape index (κ3) is 2.07. The molecule has 5 nitrogen and oxygen atoms in total. The van der Waals surface area contributed by atoms with Crippen molar-refractivity contribution in [3.8, 4) is 0 Å². The van der Waals surface area contributed by atoms with Crippen molar-refractivity contribution < 1.29 is 4.79 Å². The molecule has 0 aliphatic carbocycles. The third-order valence-electron chi connectivity index (χ3n) is 3.95. The molecule has 3 aromatic rings. The summed E-state index contributed by atoms with van der Waals surface area (Å²) in [5.74, 6) is 0.0565. The Labute approximate surface area is 121 Å². The lowest BCUT2D eigenvalue weighted by Gasteiger charge is -2.27. The molecule has 0 atom stereocenters. The molecule has 0 spiro atoms. The van der Waals surface area contributed by atoms with E-state index < -0.39 is 0 Å². The summed E-state index contributed by atoms with van der Waals surface area (Å²) in [6.45, 7) is 1.28. The lowest BCUT2D eigenvalue weighted by molar-refractivity contribution is 0.0733. The van der Waals surface area contributed by atoms with Gasteiger partial charge in [-0.3, -0.25) is 4.79 Å². The van der Waals surface area contributed by atoms with Crippen LogP contribution in [0.5, 0.6) is 0 Å². The van der Waals surface area contributed by atoms with Crippen LogP contribution in [-0.2, 0) is 13.0 Å². The van der Waals surface area contributed by atoms with E-state index >= 15 is 0 Å². The van der Waals surface area contributed by atoms with Gasteiger partial charge in [0.25, 0.3) is 5.91 Å². The number of benzene rings is 1. The number of H-pyrrole nitrogens is 1. The van der Waals surface area contributed by atoms with Gasteiger partial charge in [-0.05, 0) is 23.6 Å². The molecule has 1 amide bonds. The zero-order valence-electron chi connectivity index (χ0n) is 11.4. The van der Waals surface area contributed by atoms with E-state index in [1.807, 2.05) is 35.4 Å². The van der Waals surface area contributed by atoms with Crippen molar-refractivity contribution in [1.82, 2.24) is 19.9 Å². The zero-order valence-corrected chi connectivity index (χ0v) is 11.4. The maximum atomic E-state index is 12.6. The van der Waals surface area contributed by atoms with Crippen molar-refractivity contribution in [1.29, 1.82) is 0 Å². The summed E-state index contributed by atoms with van der Waals surface area (Å²) >= 11 is 0. The van der Waals surface area contributed by atoms with Gasteiger partial charge >= 0.3 is 0 Å². The second-order valence-electron chi connectivity index (χ2n) is 5.25. The summed E-state index contributed by atoms with van der Waals surface area (Å²) in [4.78, 5) is 26.0. The summed E-state index contributed by atoms with van der Waals surface area (Å²) in [6.07, 6.45) is 6.03. The molecule has 21 heavy (non-hydrogen) atoms. The maximum Gasteiger partial charge on any atom is 0.254 e. The van der Waals surface area contributed by atoms with E-state index in [0.29, 0.717) is 18.7 Å². The Kier molecular flexibility index (Phi) is 2.70. The number of fused-ring (bicyclic) bond motifs is 2. The number of carbonyl (C=O) groups excluding carboxylic acids is 1. The number of carbonyl (C=O) groups is 1. The van der Waals surface area contributed by atoms with Crippen molar-refractivity contribution in [3.05, 3.63) is 59.8 Å². The molecule has 2 aromatic heterocycles. The van der Waals surface area contributed by atoms with Crippen LogP contribution in [0.25, 0.3) is 10.9 Å². The number of rotatable bonds is 1. The minimum absolute atomic E-state index is 0.0565. The average Bonchev–Trinajstić information content (AvgIpc) is 3.01. The van der Waals surface area contributed by atoms with Crippen LogP contribution >= 0.6 is 0 Å². The van der Waals surface area contributed by atoms with Crippen molar-refractivity contribution >= 4 is 16.8 Å². The maximum absolute atomic E-state index is 12.6. The van der Waals surface area contributed by atoms with Crippen molar-refractivity contribution in [3.63, 3.8) is 0 Å². The normalized spacial score (nSPS) is 14.2. The Hall–Kier alpha value is -2.69. The van der Waals surface area contributed by atoms with Gasteiger partial charge in [-0.25, -0.2) is 9.97 Å². The van der Waals surface area contributed by atoms with Crippen LogP contribution in [0.4, 0.5) is 0 Å². The van der Waals surface area contributed by atoms with Crippen LogP contribution < -0.4 is 0 Å². The lowest BCUT2D eigenvalue weighted by Crippen LogP contribution is -2.36. The lowest BCUT2D eigenvalue weighted by atomic mass is 10.1. The van der Waals surface area contributed by atoms with Crippen LogP contribution in [0.2, 0.25) is 0 Å². The first kappa shape index (κ1) is 12.1. The number of nitrogens with zero attached hydrogens (tertiary/aromatic N) is 3. The summed E-state index contributed by atoms with van der Waals surface area (Å²) < 4.78 is 0. The molecule has 3 heterocycles. The van der Waals surface area contributed by atoms with Gasteiger partial charge in [0, 0.05) is 48.5 Å². The van der Waals surface area contributed by atoms with Crippen LogP contribution in [0.1, 0.15) is 21.6 Å². The second kappa shape index (κ2) is 4.70. The molecule has 1 N–H and O–H groups in total. The van der Waals surface area contributed by atoms with E-state index in [4.69, 9.17) is 0 Å². The van der Waals surface area contributed by atoms with E-state index in [1.165, 1.54) is 0 Å². The highest BCUT2D eigenvalue weighted by Gasteiger charge is 2.22. The molecule has 1 aromatic carbocycles. The molecular weight excluding hydrogens is 264 g/mol. The van der Waals surface area contributed by atoms with E-state index in [-0.39, 0.29) is 5.91 Å². The first-order valence-electron chi connectivity index (χ1n) is 6.95. The minimum Gasteiger partial charge on any atom is -0.361 e. The van der Waals surface area contributed by atoms with Gasteiger partial charge in [0.15, 0.2) is 0 Å². The Balaban J connectivity index is 1.63. The Morgan fingerprint density at radius 3 is 3.19 bits per heavy atom. The van der Waals surface area contributed by atoms with Crippen LogP contribution in [0, 0.1) is 0 Å². The molecular formula is C16H14N4O. The fraction of sp³-hybridized carbons (Fsp3) is 0.188. The summed E-state index contributed by atoms with van der Waals surface area (Å²) in [5, 5.41) is 1.11. The zero-order chi connectivity index (χ0) is 14.2. The topological polar surface area (TPSA) is 61.9 Å². The summed E-state index contributed by atoms with van der Waals surface area (Å²) in [5.41, 5.74) is 3.79. The third-order valence-corrected chi connectivity index (χ3v) is 3.95. The molecule has 4 rings (SSSR count). The highest BCUT2D eigenvalue weighted by molar-refractivity contribution is 5.98. The van der Waals surface area contributed by atoms with Gasteiger partial charge < -0.3 is 9.88 Å². The van der Waals surface area contributed by atoms with Gasteiger partial charge in [-0.1, -0.05) is 6.07 Å². The number of hydrogen-bond acceptors (Lipinski definition) is 3. The molecule has 0 unspecified atom stereocenters. The monoisotopic (exact) mass is 278 g/mol. The van der Waals surface area contributed by atoms with Crippen LogP contribution in [0.3, 0.4) is 0 Å². The van der Waals surface area contributed by atoms with E-state index in [9.17, 15) is 4.79 Å². The molecule has 1 aliphatic heterocycles. The van der Waals surface area contributed by atoms with E-state index in [0.717, 1.165) is 28.6 Å². The fourth-order valence-corrected chi connectivity index (χ4v) is 2.80. The Bertz CT molecular complexity index is 824. The second-order valence-corrected chi connectivity index (χ2v) is 5.25. The fourth-order valence-electron chi connectivity index (χ4n) is 2.80. The largest absolute Gasteiger partial charge is 0.361 e. The van der Waals surface area contributed by atoms with Gasteiger partial charge in [0.05, 0.1) is 5.69 Å². The average molecular weight is 278 g/mol. The molecule has 1 aliphatic rings. The van der Waals surface area contributed by atoms with Gasteiger partial charge in [-0.15, -0.1) is 0 Å². The first-order valence-corrected chi connectivity index (χ1v) is 6.95. The van der Waals surface area contributed by atoms with Crippen molar-refractivity contribution in [2.45, 2.75) is 13.0 Å². The number of amides is 1. The first-order chi connectivity index (χ1) is 10.3. The molecule has 0 bridgehead atoms. The summed E-state index contributed by atoms with van der Waals surface area (Å²) in [7, 11) is 0. The smallest absolute Gasteiger partial charge is 0.254 e. The number of aromatic amines is 1. The van der Waals surface area contributed by atoms with Crippen LogP contribution in [-0.4, -0.2) is 32.3 Å². The highest BCUT2D eigenvalue weighted by Crippen LogP contribution is 2.20. The molecule has 0 radical (unpaired) electrons. The van der Waals surface area contributed by atoms with Crippen molar-refractivity contribution in [2.24, 2.45) is 0 Å². The number of aromatic nitrogens is 3. The van der Waals surface area contributed by atoms with Gasteiger partial charge in [-0.2, -0.15) is 0 Å². The predicted molar refractivity (Wildman–Crippen MR) is 78.8 cm³/mol. The Morgan fingerprint density at radius 2 is 2.24 bits per heavy atom. The summed E-state index contributed by atoms with van der Waals surface area (Å²) in [6, 6.07) is 7.77. The van der Waals surface area contributed by atoms with Crippen LogP contribution in [0.15, 0.2) is 43.0 Å². The highest BCUT2D eigenvalue weighted by atomic mass is 16.2. The van der Waals surface area contributed by atoms with Gasteiger partial charge in [0.2, 0.25) is 0 Å². The predicted octanol–water partition coefficient (Wildman–Crippen LogP) is 2.16. The molecule has 0 saturated carbocycles. The quantitative estimate of drug-likeness (QED) is 0.742. The SMILES string of the molecule is O=C(c1ccc2cc[nH]c2c1)N1CCc2ncncc2C1. The molecule has 104 valence electrons. The minimum atomic E-state index is 0.0565. The molecule has 0 saturated heterocycles. The molecule has 5 heteroatoms. The molecule has 0 fully saturated rings.